The second-order valence-electron chi connectivity index (χ2n) is 5.45. The smallest absolute Gasteiger partial charge is 0.352 e. The lowest BCUT2D eigenvalue weighted by Gasteiger charge is -2.14. The van der Waals surface area contributed by atoms with Crippen molar-refractivity contribution in [1.29, 1.82) is 0 Å². The van der Waals surface area contributed by atoms with Gasteiger partial charge in [0.15, 0.2) is 0 Å². The monoisotopic (exact) mass is 388 g/mol. The number of nitrogens with zero attached hydrogens (tertiary/aromatic N) is 2. The second-order valence-corrected chi connectivity index (χ2v) is 5.86. The maximum atomic E-state index is 13.8. The highest BCUT2D eigenvalue weighted by atomic mass is 35.5. The van der Waals surface area contributed by atoms with Crippen LogP contribution >= 0.6 is 11.6 Å². The zero-order chi connectivity index (χ0) is 19.7. The van der Waals surface area contributed by atoms with E-state index in [4.69, 9.17) is 11.6 Å². The van der Waals surface area contributed by atoms with Crippen molar-refractivity contribution >= 4 is 46.2 Å². The molecule has 3 rings (SSSR count). The Bertz CT molecular complexity index is 1170. The van der Waals surface area contributed by atoms with Crippen LogP contribution in [0.4, 0.5) is 4.39 Å². The molecule has 3 aromatic rings. The summed E-state index contributed by atoms with van der Waals surface area (Å²) in [5, 5.41) is 18.2. The Morgan fingerprint density at radius 2 is 2.00 bits per heavy atom. The molecule has 1 aromatic carbocycles. The Hall–Kier alpha value is -3.52. The molecule has 0 radical (unpaired) electrons. The topological polar surface area (TPSA) is 109 Å². The molecule has 0 unspecified atom stereocenters. The molecule has 0 saturated carbocycles. The number of fused-ring (bicyclic) bond motifs is 1. The van der Waals surface area contributed by atoms with Crippen LogP contribution in [-0.2, 0) is 4.79 Å². The molecule has 0 atom stereocenters. The van der Waals surface area contributed by atoms with Crippen molar-refractivity contribution in [1.82, 2.24) is 9.55 Å². The van der Waals surface area contributed by atoms with E-state index in [0.29, 0.717) is 5.56 Å². The lowest BCUT2D eigenvalue weighted by Crippen LogP contribution is -2.20. The van der Waals surface area contributed by atoms with Crippen molar-refractivity contribution in [2.75, 3.05) is 0 Å². The van der Waals surface area contributed by atoms with E-state index in [9.17, 15) is 29.0 Å². The summed E-state index contributed by atoms with van der Waals surface area (Å²) in [6.07, 6.45) is 5.01. The van der Waals surface area contributed by atoms with Crippen LogP contribution < -0.4 is 5.43 Å². The third-order valence-electron chi connectivity index (χ3n) is 3.74. The summed E-state index contributed by atoms with van der Waals surface area (Å²) in [5.41, 5.74) is -1.66. The molecule has 0 aliphatic rings. The molecule has 2 N–H and O–H groups in total. The highest BCUT2D eigenvalue weighted by Gasteiger charge is 2.20. The quantitative estimate of drug-likeness (QED) is 0.665. The maximum absolute atomic E-state index is 13.8. The van der Waals surface area contributed by atoms with Gasteiger partial charge in [0, 0.05) is 24.0 Å². The molecular weight excluding hydrogens is 379 g/mol. The molecule has 0 saturated heterocycles. The summed E-state index contributed by atoms with van der Waals surface area (Å²) >= 11 is 5.78. The van der Waals surface area contributed by atoms with Gasteiger partial charge in [-0.2, -0.15) is 0 Å². The van der Waals surface area contributed by atoms with Crippen molar-refractivity contribution in [2.24, 2.45) is 0 Å². The van der Waals surface area contributed by atoms with Crippen molar-refractivity contribution < 1.29 is 24.2 Å². The van der Waals surface area contributed by atoms with Gasteiger partial charge < -0.3 is 14.8 Å². The number of benzene rings is 1. The Labute approximate surface area is 155 Å². The summed E-state index contributed by atoms with van der Waals surface area (Å²) in [5.74, 6) is -3.90. The Kier molecular flexibility index (Phi) is 4.74. The van der Waals surface area contributed by atoms with Crippen molar-refractivity contribution in [3.8, 4) is 0 Å². The molecule has 0 spiro atoms. The number of aliphatic carboxylic acids is 1. The Morgan fingerprint density at radius 1 is 1.26 bits per heavy atom. The van der Waals surface area contributed by atoms with Crippen molar-refractivity contribution in [3.63, 3.8) is 0 Å². The summed E-state index contributed by atoms with van der Waals surface area (Å²) in [4.78, 5) is 39.5. The van der Waals surface area contributed by atoms with Crippen LogP contribution in [0.1, 0.15) is 15.9 Å². The van der Waals surface area contributed by atoms with E-state index < -0.39 is 28.7 Å². The van der Waals surface area contributed by atoms with Gasteiger partial charge in [-0.3, -0.25) is 9.78 Å². The molecule has 0 amide bonds. The molecule has 27 heavy (non-hydrogen) atoms. The lowest BCUT2D eigenvalue weighted by atomic mass is 10.1. The molecule has 0 bridgehead atoms. The molecule has 0 aliphatic carbocycles. The van der Waals surface area contributed by atoms with E-state index in [1.165, 1.54) is 18.5 Å². The molecule has 136 valence electrons. The first kappa shape index (κ1) is 18.3. The summed E-state index contributed by atoms with van der Waals surface area (Å²) in [6, 6.07) is 5.03. The fraction of sp³-hybridized carbons (Fsp3) is 0. The van der Waals surface area contributed by atoms with Crippen LogP contribution in [0.5, 0.6) is 0 Å². The highest BCUT2D eigenvalue weighted by molar-refractivity contribution is 6.31. The number of carboxylic acids is 2. The molecular formula is C18H10ClFN2O5. The van der Waals surface area contributed by atoms with Crippen LogP contribution in [0.15, 0.2) is 47.7 Å². The molecule has 9 heteroatoms. The fourth-order valence-corrected chi connectivity index (χ4v) is 2.68. The van der Waals surface area contributed by atoms with E-state index in [1.54, 1.807) is 12.1 Å². The Morgan fingerprint density at radius 3 is 2.59 bits per heavy atom. The lowest BCUT2D eigenvalue weighted by molar-refractivity contribution is -0.130. The molecule has 7 nitrogen and oxygen atoms in total. The first-order valence-corrected chi connectivity index (χ1v) is 7.80. The van der Waals surface area contributed by atoms with Crippen LogP contribution in [0.25, 0.3) is 22.7 Å². The largest absolute Gasteiger partial charge is 0.477 e. The number of aromatic carboxylic acids is 1. The number of hydrogen-bond donors (Lipinski definition) is 2. The summed E-state index contributed by atoms with van der Waals surface area (Å²) < 4.78 is 14.8. The van der Waals surface area contributed by atoms with Gasteiger partial charge in [0.2, 0.25) is 5.43 Å². The summed E-state index contributed by atoms with van der Waals surface area (Å²) in [7, 11) is 0. The normalized spacial score (nSPS) is 11.6. The Balaban J connectivity index is 2.44. The average molecular weight is 389 g/mol. The van der Waals surface area contributed by atoms with Crippen molar-refractivity contribution in [2.45, 2.75) is 0 Å². The van der Waals surface area contributed by atoms with E-state index in [1.807, 2.05) is 0 Å². The molecule has 0 fully saturated rings. The van der Waals surface area contributed by atoms with Gasteiger partial charge in [0.25, 0.3) is 0 Å². The van der Waals surface area contributed by atoms with Gasteiger partial charge in [0.05, 0.1) is 10.5 Å². The van der Waals surface area contributed by atoms with Gasteiger partial charge in [0.1, 0.15) is 17.1 Å². The number of pyridine rings is 2. The van der Waals surface area contributed by atoms with E-state index in [0.717, 1.165) is 22.9 Å². The van der Waals surface area contributed by atoms with Gasteiger partial charge in [-0.25, -0.2) is 14.0 Å². The van der Waals surface area contributed by atoms with Gasteiger partial charge >= 0.3 is 11.9 Å². The van der Waals surface area contributed by atoms with E-state index >= 15 is 0 Å². The van der Waals surface area contributed by atoms with Crippen LogP contribution in [-0.4, -0.2) is 31.7 Å². The zero-order valence-electron chi connectivity index (χ0n) is 13.4. The molecule has 2 heterocycles. The van der Waals surface area contributed by atoms with Crippen LogP contribution in [0, 0.1) is 5.82 Å². The molecule has 0 aliphatic heterocycles. The minimum absolute atomic E-state index is 0.0473. The maximum Gasteiger partial charge on any atom is 0.352 e. The predicted octanol–water partition coefficient (Wildman–Crippen LogP) is 2.97. The van der Waals surface area contributed by atoms with Crippen LogP contribution in [0.2, 0.25) is 5.02 Å². The van der Waals surface area contributed by atoms with Crippen molar-refractivity contribution in [3.05, 3.63) is 75.0 Å². The summed E-state index contributed by atoms with van der Waals surface area (Å²) in [6.45, 7) is 0. The number of aromatic nitrogens is 2. The van der Waals surface area contributed by atoms with Crippen LogP contribution in [0.3, 0.4) is 0 Å². The SMILES string of the molecule is O=C(O)/C(=C\c1cccnc1)n1cc(C(=O)O)c(=O)c2cc(F)c(Cl)cc21. The number of hydrogen-bond acceptors (Lipinski definition) is 4. The van der Waals surface area contributed by atoms with Gasteiger partial charge in [-0.05, 0) is 29.8 Å². The first-order chi connectivity index (χ1) is 12.8. The second kappa shape index (κ2) is 7.00. The van der Waals surface area contributed by atoms with Gasteiger partial charge in [-0.15, -0.1) is 0 Å². The average Bonchev–Trinajstić information content (AvgIpc) is 2.62. The third kappa shape index (κ3) is 3.42. The third-order valence-corrected chi connectivity index (χ3v) is 4.03. The highest BCUT2D eigenvalue weighted by Crippen LogP contribution is 2.25. The minimum Gasteiger partial charge on any atom is -0.477 e. The zero-order valence-corrected chi connectivity index (χ0v) is 14.1. The van der Waals surface area contributed by atoms with E-state index in [2.05, 4.69) is 4.98 Å². The number of carbonyl (C=O) groups is 2. The van der Waals surface area contributed by atoms with E-state index in [-0.39, 0.29) is 21.6 Å². The van der Waals surface area contributed by atoms with Gasteiger partial charge in [-0.1, -0.05) is 17.7 Å². The standard InChI is InChI=1S/C18H10ClFN2O5/c19-12-6-14-10(5-13(12)20)16(23)11(17(24)25)8-22(14)15(18(26)27)4-9-2-1-3-21-7-9/h1-8H,(H,24,25)(H,26,27)/b15-4+. The number of halogens is 2. The minimum atomic E-state index is -1.57. The number of rotatable bonds is 4. The fourth-order valence-electron chi connectivity index (χ4n) is 2.53. The molecule has 2 aromatic heterocycles. The number of carboxylic acid groups (broad SMARTS) is 2. The first-order valence-electron chi connectivity index (χ1n) is 7.42. The predicted molar refractivity (Wildman–Crippen MR) is 96.2 cm³/mol.